The Labute approximate surface area is 162 Å². The minimum Gasteiger partial charge on any atom is -0.497 e. The van der Waals surface area contributed by atoms with Gasteiger partial charge in [0.25, 0.3) is 0 Å². The molecule has 2 fully saturated rings. The first-order valence-corrected chi connectivity index (χ1v) is 9.52. The topological polar surface area (TPSA) is 50.8 Å². The minimum absolute atomic E-state index is 0. The van der Waals surface area contributed by atoms with Crippen LogP contribution in [0.3, 0.4) is 0 Å². The van der Waals surface area contributed by atoms with Crippen LogP contribution in [-0.2, 0) is 4.79 Å². The average molecular weight is 383 g/mol. The number of carbonyl (C=O) groups excluding carboxylic acids is 1. The van der Waals surface area contributed by atoms with Gasteiger partial charge in [-0.15, -0.1) is 12.4 Å². The van der Waals surface area contributed by atoms with E-state index in [9.17, 15) is 4.79 Å². The fraction of sp³-hybridized carbons (Fsp3) is 0.650. The van der Waals surface area contributed by atoms with E-state index < -0.39 is 0 Å². The summed E-state index contributed by atoms with van der Waals surface area (Å²) < 4.78 is 10.8. The predicted octanol–water partition coefficient (Wildman–Crippen LogP) is 3.27. The smallest absolute Gasteiger partial charge is 0.222 e. The number of hydrogen-bond donors (Lipinski definition) is 1. The van der Waals surface area contributed by atoms with E-state index >= 15 is 0 Å². The number of methoxy groups -OCH3 is 1. The van der Waals surface area contributed by atoms with Crippen molar-refractivity contribution in [2.75, 3.05) is 33.4 Å². The lowest BCUT2D eigenvalue weighted by atomic mass is 10.0. The fourth-order valence-corrected chi connectivity index (χ4v) is 3.23. The maximum Gasteiger partial charge on any atom is 0.222 e. The maximum absolute atomic E-state index is 12.3. The molecule has 1 saturated carbocycles. The summed E-state index contributed by atoms with van der Waals surface area (Å²) >= 11 is 0. The van der Waals surface area contributed by atoms with Crippen molar-refractivity contribution in [1.82, 2.24) is 10.2 Å². The molecule has 1 N–H and O–H groups in total. The van der Waals surface area contributed by atoms with Gasteiger partial charge in [0.2, 0.25) is 5.91 Å². The van der Waals surface area contributed by atoms with Crippen molar-refractivity contribution in [2.24, 2.45) is 5.92 Å². The van der Waals surface area contributed by atoms with Gasteiger partial charge >= 0.3 is 0 Å². The highest BCUT2D eigenvalue weighted by atomic mass is 35.5. The van der Waals surface area contributed by atoms with E-state index in [4.69, 9.17) is 9.47 Å². The highest BCUT2D eigenvalue weighted by Crippen LogP contribution is 2.28. The van der Waals surface area contributed by atoms with Crippen molar-refractivity contribution in [3.63, 3.8) is 0 Å². The summed E-state index contributed by atoms with van der Waals surface area (Å²) in [4.78, 5) is 14.3. The van der Waals surface area contributed by atoms with E-state index in [0.29, 0.717) is 19.1 Å². The Bertz CT molecular complexity index is 540. The normalized spacial score (nSPS) is 17.5. The van der Waals surface area contributed by atoms with Crippen molar-refractivity contribution in [3.8, 4) is 11.5 Å². The van der Waals surface area contributed by atoms with Crippen LogP contribution >= 0.6 is 12.4 Å². The molecule has 0 spiro atoms. The van der Waals surface area contributed by atoms with Crippen LogP contribution in [0.15, 0.2) is 24.3 Å². The van der Waals surface area contributed by atoms with Crippen molar-refractivity contribution in [3.05, 3.63) is 24.3 Å². The number of likely N-dealkylation sites (tertiary alicyclic amines) is 1. The molecule has 0 atom stereocenters. The Hall–Kier alpha value is -1.46. The zero-order valence-electron chi connectivity index (χ0n) is 15.6. The first-order chi connectivity index (χ1) is 12.2. The third kappa shape index (κ3) is 6.69. The lowest BCUT2D eigenvalue weighted by Crippen LogP contribution is -2.45. The van der Waals surface area contributed by atoms with Crippen LogP contribution in [0.1, 0.15) is 38.5 Å². The number of carbonyl (C=O) groups is 1. The van der Waals surface area contributed by atoms with E-state index in [1.165, 1.54) is 19.4 Å². The highest BCUT2D eigenvalue weighted by molar-refractivity contribution is 5.85. The van der Waals surface area contributed by atoms with Gasteiger partial charge in [0, 0.05) is 25.6 Å². The van der Waals surface area contributed by atoms with Gasteiger partial charge in [0.15, 0.2) is 0 Å². The van der Waals surface area contributed by atoms with E-state index in [1.54, 1.807) is 7.11 Å². The Morgan fingerprint density at radius 3 is 2.38 bits per heavy atom. The Morgan fingerprint density at radius 2 is 1.77 bits per heavy atom. The molecule has 1 saturated heterocycles. The summed E-state index contributed by atoms with van der Waals surface area (Å²) in [5, 5.41) is 3.65. The summed E-state index contributed by atoms with van der Waals surface area (Å²) in [6.45, 7) is 3.51. The molecule has 3 rings (SSSR count). The van der Waals surface area contributed by atoms with Crippen LogP contribution in [0, 0.1) is 5.92 Å². The molecule has 0 radical (unpaired) electrons. The SMILES string of the molecule is COc1ccc(OCCCC(=O)N2CCC(NCC3CC3)CC2)cc1.Cl. The average Bonchev–Trinajstić information content (AvgIpc) is 3.49. The molecule has 146 valence electrons. The highest BCUT2D eigenvalue weighted by Gasteiger charge is 2.25. The molecule has 5 nitrogen and oxygen atoms in total. The van der Waals surface area contributed by atoms with Gasteiger partial charge < -0.3 is 19.7 Å². The van der Waals surface area contributed by atoms with Gasteiger partial charge in [-0.3, -0.25) is 4.79 Å². The third-order valence-electron chi connectivity index (χ3n) is 5.10. The zero-order chi connectivity index (χ0) is 17.5. The number of nitrogens with one attached hydrogen (secondary N) is 1. The quantitative estimate of drug-likeness (QED) is 0.666. The number of amides is 1. The first kappa shape index (κ1) is 20.8. The number of ether oxygens (including phenoxy) is 2. The molecular formula is C20H31ClN2O3. The Balaban J connectivity index is 0.00000243. The van der Waals surface area contributed by atoms with Gasteiger partial charge in [0.05, 0.1) is 13.7 Å². The van der Waals surface area contributed by atoms with Crippen LogP contribution < -0.4 is 14.8 Å². The fourth-order valence-electron chi connectivity index (χ4n) is 3.23. The van der Waals surface area contributed by atoms with Gasteiger partial charge in [0.1, 0.15) is 11.5 Å². The zero-order valence-corrected chi connectivity index (χ0v) is 16.4. The summed E-state index contributed by atoms with van der Waals surface area (Å²) in [6.07, 6.45) is 6.27. The molecule has 0 unspecified atom stereocenters. The third-order valence-corrected chi connectivity index (χ3v) is 5.10. The molecule has 1 aliphatic heterocycles. The molecule has 1 aliphatic carbocycles. The van der Waals surface area contributed by atoms with E-state index in [2.05, 4.69) is 5.32 Å². The minimum atomic E-state index is 0. The second kappa shape index (κ2) is 10.6. The van der Waals surface area contributed by atoms with E-state index in [0.717, 1.165) is 49.8 Å². The number of nitrogens with zero attached hydrogens (tertiary/aromatic N) is 1. The largest absolute Gasteiger partial charge is 0.497 e. The van der Waals surface area contributed by atoms with Crippen LogP contribution in [-0.4, -0.2) is 50.2 Å². The molecule has 26 heavy (non-hydrogen) atoms. The van der Waals surface area contributed by atoms with Gasteiger partial charge in [-0.25, -0.2) is 0 Å². The molecule has 2 aliphatic rings. The standard InChI is InChI=1S/C20H30N2O3.ClH/c1-24-18-6-8-19(9-7-18)25-14-2-3-20(23)22-12-10-17(11-13-22)21-15-16-4-5-16;/h6-9,16-17,21H,2-5,10-15H2,1H3;1H. The molecule has 0 bridgehead atoms. The van der Waals surface area contributed by atoms with Crippen LogP contribution in [0.5, 0.6) is 11.5 Å². The monoisotopic (exact) mass is 382 g/mol. The molecule has 1 heterocycles. The molecule has 1 aromatic carbocycles. The Kier molecular flexibility index (Phi) is 8.52. The van der Waals surface area contributed by atoms with E-state index in [1.807, 2.05) is 29.2 Å². The number of benzene rings is 1. The van der Waals surface area contributed by atoms with Crippen molar-refractivity contribution < 1.29 is 14.3 Å². The molecule has 0 aromatic heterocycles. The van der Waals surface area contributed by atoms with Crippen LogP contribution in [0.25, 0.3) is 0 Å². The summed E-state index contributed by atoms with van der Waals surface area (Å²) in [5.74, 6) is 2.82. The second-order valence-corrected chi connectivity index (χ2v) is 7.13. The Morgan fingerprint density at radius 1 is 1.12 bits per heavy atom. The first-order valence-electron chi connectivity index (χ1n) is 9.52. The van der Waals surface area contributed by atoms with Gasteiger partial charge in [-0.2, -0.15) is 0 Å². The summed E-state index contributed by atoms with van der Waals surface area (Å²) in [5.41, 5.74) is 0. The van der Waals surface area contributed by atoms with Crippen LogP contribution in [0.4, 0.5) is 0 Å². The van der Waals surface area contributed by atoms with Crippen LogP contribution in [0.2, 0.25) is 0 Å². The van der Waals surface area contributed by atoms with Crippen molar-refractivity contribution in [2.45, 2.75) is 44.6 Å². The second-order valence-electron chi connectivity index (χ2n) is 7.13. The van der Waals surface area contributed by atoms with Gasteiger partial charge in [-0.1, -0.05) is 0 Å². The lowest BCUT2D eigenvalue weighted by molar-refractivity contribution is -0.132. The number of halogens is 1. The number of piperidine rings is 1. The number of hydrogen-bond acceptors (Lipinski definition) is 4. The molecule has 1 aromatic rings. The molecule has 1 amide bonds. The predicted molar refractivity (Wildman–Crippen MR) is 105 cm³/mol. The maximum atomic E-state index is 12.3. The van der Waals surface area contributed by atoms with Gasteiger partial charge in [-0.05, 0) is 68.8 Å². The van der Waals surface area contributed by atoms with E-state index in [-0.39, 0.29) is 18.3 Å². The molecular weight excluding hydrogens is 352 g/mol. The molecule has 6 heteroatoms. The number of rotatable bonds is 9. The van der Waals surface area contributed by atoms with Crippen molar-refractivity contribution in [1.29, 1.82) is 0 Å². The summed E-state index contributed by atoms with van der Waals surface area (Å²) in [7, 11) is 1.65. The van der Waals surface area contributed by atoms with Crippen molar-refractivity contribution >= 4 is 18.3 Å². The lowest BCUT2D eigenvalue weighted by Gasteiger charge is -2.32. The summed E-state index contributed by atoms with van der Waals surface area (Å²) in [6, 6.07) is 8.13.